The van der Waals surface area contributed by atoms with Crippen LogP contribution in [0.15, 0.2) is 0 Å². The van der Waals surface area contributed by atoms with Crippen molar-refractivity contribution in [2.24, 2.45) is 0 Å². The summed E-state index contributed by atoms with van der Waals surface area (Å²) in [5.41, 5.74) is 0. The van der Waals surface area contributed by atoms with Crippen LogP contribution in [0.5, 0.6) is 0 Å². The van der Waals surface area contributed by atoms with E-state index in [1.807, 2.05) is 27.7 Å². The van der Waals surface area contributed by atoms with E-state index in [1.165, 1.54) is 83.5 Å². The molecule has 248 valence electrons. The summed E-state index contributed by atoms with van der Waals surface area (Å²) >= 11 is 0. The standard InChI is InChI=1S/C18H36O2.4C4H9O.Ti/c1-2-3-4-5-6-7-8-9-10-11-12-13-14-15-16-17-18(19)20;4*1-2-3-4-5;/h2-17H2,1H3,(H,19,20);4*2-4H2,1H3;/q;4*-1;+4. The predicted molar refractivity (Wildman–Crippen MR) is 166 cm³/mol. The number of rotatable bonds is 24. The second-order valence-electron chi connectivity index (χ2n) is 10.3. The van der Waals surface area contributed by atoms with E-state index in [9.17, 15) is 25.2 Å². The molecule has 0 aromatic heterocycles. The first-order chi connectivity index (χ1) is 19.4. The van der Waals surface area contributed by atoms with Crippen molar-refractivity contribution in [1.29, 1.82) is 0 Å². The van der Waals surface area contributed by atoms with Crippen molar-refractivity contribution in [1.82, 2.24) is 0 Å². The zero-order valence-electron chi connectivity index (χ0n) is 28.3. The monoisotopic (exact) mass is 624 g/mol. The number of hydrogen-bond acceptors (Lipinski definition) is 5. The molecular formula is C34H72O6Ti. The molecule has 0 bridgehead atoms. The van der Waals surface area contributed by atoms with E-state index in [4.69, 9.17) is 5.11 Å². The maximum atomic E-state index is 10.3. The largest absolute Gasteiger partial charge is 4.00 e. The molecule has 0 heterocycles. The molecule has 0 rings (SSSR count). The molecule has 0 unspecified atom stereocenters. The van der Waals surface area contributed by atoms with Gasteiger partial charge >= 0.3 is 27.7 Å². The fourth-order valence-electron chi connectivity index (χ4n) is 3.22. The van der Waals surface area contributed by atoms with Crippen molar-refractivity contribution in [2.45, 2.75) is 189 Å². The van der Waals surface area contributed by atoms with E-state index < -0.39 is 5.97 Å². The van der Waals surface area contributed by atoms with Crippen molar-refractivity contribution in [3.05, 3.63) is 0 Å². The summed E-state index contributed by atoms with van der Waals surface area (Å²) in [6, 6.07) is 0. The van der Waals surface area contributed by atoms with Crippen LogP contribution in [0.3, 0.4) is 0 Å². The fourth-order valence-corrected chi connectivity index (χ4v) is 3.22. The number of unbranched alkanes of at least 4 members (excludes halogenated alkanes) is 18. The Balaban J connectivity index is -0.000000118. The van der Waals surface area contributed by atoms with Crippen LogP contribution in [-0.2, 0) is 26.5 Å². The first-order valence-electron chi connectivity index (χ1n) is 17.0. The molecule has 0 radical (unpaired) electrons. The molecule has 41 heavy (non-hydrogen) atoms. The molecule has 0 aliphatic carbocycles. The Hall–Kier alpha value is 0.0243. The summed E-state index contributed by atoms with van der Waals surface area (Å²) in [5.74, 6) is -0.653. The van der Waals surface area contributed by atoms with Gasteiger partial charge in [0, 0.05) is 6.42 Å². The van der Waals surface area contributed by atoms with Gasteiger partial charge in [0.25, 0.3) is 0 Å². The van der Waals surface area contributed by atoms with Gasteiger partial charge in [-0.1, -0.05) is 176 Å². The van der Waals surface area contributed by atoms with Gasteiger partial charge in [0.2, 0.25) is 0 Å². The van der Waals surface area contributed by atoms with Crippen molar-refractivity contribution < 1.29 is 52.0 Å². The van der Waals surface area contributed by atoms with Gasteiger partial charge in [0.05, 0.1) is 0 Å². The van der Waals surface area contributed by atoms with Gasteiger partial charge in [0.15, 0.2) is 0 Å². The van der Waals surface area contributed by atoms with Gasteiger partial charge < -0.3 is 25.5 Å². The Bertz CT molecular complexity index is 341. The molecule has 0 aliphatic rings. The Labute approximate surface area is 272 Å². The second kappa shape index (κ2) is 63.3. The predicted octanol–water partition coefficient (Wildman–Crippen LogP) is 6.92. The number of carboxylic acid groups (broad SMARTS) is 1. The first-order valence-corrected chi connectivity index (χ1v) is 17.0. The summed E-state index contributed by atoms with van der Waals surface area (Å²) in [5, 5.41) is 46.6. The van der Waals surface area contributed by atoms with E-state index in [0.29, 0.717) is 6.42 Å². The minimum atomic E-state index is -0.653. The number of hydrogen-bond donors (Lipinski definition) is 1. The number of carbonyl (C=O) groups is 1. The molecule has 0 fully saturated rings. The van der Waals surface area contributed by atoms with Gasteiger partial charge in [-0.15, -0.1) is 26.4 Å². The molecule has 0 aromatic rings. The molecule has 0 aromatic carbocycles. The van der Waals surface area contributed by atoms with Gasteiger partial charge in [-0.05, 0) is 6.42 Å². The van der Waals surface area contributed by atoms with Crippen molar-refractivity contribution in [2.75, 3.05) is 26.4 Å². The maximum Gasteiger partial charge on any atom is 4.00 e. The van der Waals surface area contributed by atoms with E-state index >= 15 is 0 Å². The smallest absolute Gasteiger partial charge is 0.854 e. The summed E-state index contributed by atoms with van der Waals surface area (Å²) in [6.07, 6.45) is 27.7. The average molecular weight is 625 g/mol. The zero-order valence-corrected chi connectivity index (χ0v) is 29.8. The third kappa shape index (κ3) is 92.4. The minimum absolute atomic E-state index is 0. The molecule has 0 aliphatic heterocycles. The van der Waals surface area contributed by atoms with Crippen LogP contribution in [0.4, 0.5) is 0 Å². The summed E-state index contributed by atoms with van der Waals surface area (Å²) < 4.78 is 0. The third-order valence-electron chi connectivity index (χ3n) is 5.99. The van der Waals surface area contributed by atoms with Gasteiger partial charge in [-0.2, -0.15) is 0 Å². The van der Waals surface area contributed by atoms with Crippen LogP contribution in [0, 0.1) is 0 Å². The molecule has 0 atom stereocenters. The van der Waals surface area contributed by atoms with E-state index in [2.05, 4.69) is 6.92 Å². The van der Waals surface area contributed by atoms with E-state index in [0.717, 1.165) is 64.2 Å². The fraction of sp³-hybridized carbons (Fsp3) is 0.971. The Kier molecular flexibility index (Phi) is 82.7. The normalized spacial score (nSPS) is 9.39. The summed E-state index contributed by atoms with van der Waals surface area (Å²) in [6.45, 7) is 10.7. The number of carboxylic acids is 1. The summed E-state index contributed by atoms with van der Waals surface area (Å²) in [4.78, 5) is 10.3. The molecule has 0 spiro atoms. The number of aliphatic carboxylic acids is 1. The van der Waals surface area contributed by atoms with Crippen molar-refractivity contribution in [3.63, 3.8) is 0 Å². The maximum absolute atomic E-state index is 10.3. The average Bonchev–Trinajstić information content (AvgIpc) is 2.94. The van der Waals surface area contributed by atoms with Crippen molar-refractivity contribution >= 4 is 5.97 Å². The van der Waals surface area contributed by atoms with Crippen LogP contribution in [0.25, 0.3) is 0 Å². The van der Waals surface area contributed by atoms with Crippen molar-refractivity contribution in [3.8, 4) is 0 Å². The molecule has 6 nitrogen and oxygen atoms in total. The van der Waals surface area contributed by atoms with E-state index in [1.54, 1.807) is 0 Å². The molecule has 1 N–H and O–H groups in total. The summed E-state index contributed by atoms with van der Waals surface area (Å²) in [7, 11) is 0. The van der Waals surface area contributed by atoms with E-state index in [-0.39, 0.29) is 48.1 Å². The molecule has 0 saturated heterocycles. The molecule has 7 heteroatoms. The Morgan fingerprint density at radius 1 is 0.390 bits per heavy atom. The third-order valence-corrected chi connectivity index (χ3v) is 5.99. The zero-order chi connectivity index (χ0) is 31.4. The molecule has 0 amide bonds. The van der Waals surface area contributed by atoms with Crippen LogP contribution >= 0.6 is 0 Å². The van der Waals surface area contributed by atoms with Crippen LogP contribution in [-0.4, -0.2) is 37.5 Å². The topological polar surface area (TPSA) is 130 Å². The first kappa shape index (κ1) is 53.6. The molecular weight excluding hydrogens is 552 g/mol. The second-order valence-corrected chi connectivity index (χ2v) is 10.3. The Morgan fingerprint density at radius 3 is 0.732 bits per heavy atom. The van der Waals surface area contributed by atoms with Crippen LogP contribution in [0.2, 0.25) is 0 Å². The van der Waals surface area contributed by atoms with Gasteiger partial charge in [0.1, 0.15) is 0 Å². The van der Waals surface area contributed by atoms with Crippen LogP contribution in [0.1, 0.15) is 189 Å². The van der Waals surface area contributed by atoms with Gasteiger partial charge in [-0.3, -0.25) is 4.79 Å². The molecule has 0 saturated carbocycles. The Morgan fingerprint density at radius 2 is 0.585 bits per heavy atom. The minimum Gasteiger partial charge on any atom is -0.854 e. The van der Waals surface area contributed by atoms with Crippen LogP contribution < -0.4 is 20.4 Å². The quantitative estimate of drug-likeness (QED) is 0.0917. The van der Waals surface area contributed by atoms with Gasteiger partial charge in [-0.25, -0.2) is 0 Å². The SMILES string of the molecule is CCCCCCCCCCCCCCCCCC(=O)O.CCCC[O-].CCCC[O-].CCCC[O-].CCCC[O-].[Ti+4].